The summed E-state index contributed by atoms with van der Waals surface area (Å²) < 4.78 is 0. The van der Waals surface area contributed by atoms with E-state index in [9.17, 15) is 0 Å². The Morgan fingerprint density at radius 3 is 2.86 bits per heavy atom. The van der Waals surface area contributed by atoms with Crippen molar-refractivity contribution in [1.29, 1.82) is 0 Å². The van der Waals surface area contributed by atoms with Crippen molar-refractivity contribution in [2.45, 2.75) is 25.3 Å². The molecule has 2 aliphatic rings. The first kappa shape index (κ1) is 9.93. The molecule has 1 aliphatic carbocycles. The molecular weight excluding hydrogens is 178 g/mol. The minimum atomic E-state index is 0.0291. The summed E-state index contributed by atoms with van der Waals surface area (Å²) in [4.78, 5) is 7.25. The van der Waals surface area contributed by atoms with E-state index in [1.165, 1.54) is 0 Å². The molecule has 2 fully saturated rings. The van der Waals surface area contributed by atoms with E-state index < -0.39 is 0 Å². The Hall–Kier alpha value is -0.610. The van der Waals surface area contributed by atoms with Crippen molar-refractivity contribution >= 4 is 5.71 Å². The van der Waals surface area contributed by atoms with Gasteiger partial charge < -0.3 is 10.6 Å². The fraction of sp³-hybridized carbons (Fsp3) is 0.900. The number of nitrogens with zero attached hydrogens (tertiary/aromatic N) is 2. The normalized spacial score (nSPS) is 33.6. The lowest BCUT2D eigenvalue weighted by molar-refractivity contribution is 0.210. The van der Waals surface area contributed by atoms with Crippen molar-refractivity contribution in [3.63, 3.8) is 0 Å². The summed E-state index contributed by atoms with van der Waals surface area (Å²) in [7, 11) is 1.61. The highest BCUT2D eigenvalue weighted by Gasteiger charge is 2.51. The van der Waals surface area contributed by atoms with Gasteiger partial charge in [0.25, 0.3) is 0 Å². The molecule has 1 saturated carbocycles. The van der Waals surface area contributed by atoms with E-state index in [0.29, 0.717) is 5.92 Å². The van der Waals surface area contributed by atoms with Gasteiger partial charge in [-0.1, -0.05) is 12.1 Å². The molecule has 0 amide bonds. The quantitative estimate of drug-likeness (QED) is 0.668. The Balaban J connectivity index is 2.10. The summed E-state index contributed by atoms with van der Waals surface area (Å²) in [5.41, 5.74) is 7.39. The predicted octanol–water partition coefficient (Wildman–Crippen LogP) is 0.432. The first-order chi connectivity index (χ1) is 6.69. The standard InChI is InChI=1S/C10H19N3O/c1-3-13-6-8(10(11)4-5-10)9(7-13)12-14-2/h8H,3-7,11H2,1-2H3/b12-9+. The van der Waals surface area contributed by atoms with Gasteiger partial charge in [0.15, 0.2) is 0 Å². The zero-order chi connectivity index (χ0) is 10.2. The van der Waals surface area contributed by atoms with Gasteiger partial charge in [0.05, 0.1) is 5.71 Å². The number of hydrogen-bond donors (Lipinski definition) is 1. The average molecular weight is 197 g/mol. The Kier molecular flexibility index (Phi) is 2.49. The van der Waals surface area contributed by atoms with Crippen LogP contribution in [0.15, 0.2) is 5.16 Å². The fourth-order valence-corrected chi connectivity index (χ4v) is 2.22. The summed E-state index contributed by atoms with van der Waals surface area (Å²) in [5, 5.41) is 4.10. The zero-order valence-corrected chi connectivity index (χ0v) is 8.99. The molecule has 14 heavy (non-hydrogen) atoms. The first-order valence-electron chi connectivity index (χ1n) is 5.31. The molecule has 0 spiro atoms. The molecule has 2 rings (SSSR count). The Labute approximate surface area is 85.1 Å². The van der Waals surface area contributed by atoms with Crippen LogP contribution in [0, 0.1) is 5.92 Å². The molecule has 2 N–H and O–H groups in total. The molecule has 4 heteroatoms. The van der Waals surface area contributed by atoms with E-state index in [2.05, 4.69) is 17.0 Å². The highest BCUT2D eigenvalue weighted by Crippen LogP contribution is 2.42. The molecule has 80 valence electrons. The summed E-state index contributed by atoms with van der Waals surface area (Å²) in [5.74, 6) is 0.419. The van der Waals surface area contributed by atoms with E-state index in [1.54, 1.807) is 7.11 Å². The van der Waals surface area contributed by atoms with Crippen LogP contribution in [0.25, 0.3) is 0 Å². The summed E-state index contributed by atoms with van der Waals surface area (Å²) in [6, 6.07) is 0. The van der Waals surface area contributed by atoms with Crippen molar-refractivity contribution in [3.8, 4) is 0 Å². The second kappa shape index (κ2) is 3.51. The number of rotatable bonds is 3. The topological polar surface area (TPSA) is 50.8 Å². The van der Waals surface area contributed by atoms with Crippen LogP contribution in [0.5, 0.6) is 0 Å². The molecular formula is C10H19N3O. The largest absolute Gasteiger partial charge is 0.399 e. The SMILES string of the molecule is CCN1C/C(=N\OC)C(C2(N)CC2)C1. The minimum absolute atomic E-state index is 0.0291. The van der Waals surface area contributed by atoms with E-state index in [0.717, 1.165) is 38.2 Å². The maximum Gasteiger partial charge on any atom is 0.106 e. The van der Waals surface area contributed by atoms with Crippen LogP contribution >= 0.6 is 0 Å². The molecule has 0 bridgehead atoms. The van der Waals surface area contributed by atoms with Crippen LogP contribution in [0.2, 0.25) is 0 Å². The number of likely N-dealkylation sites (tertiary alicyclic amines) is 1. The number of hydrogen-bond acceptors (Lipinski definition) is 4. The summed E-state index contributed by atoms with van der Waals surface area (Å²) >= 11 is 0. The summed E-state index contributed by atoms with van der Waals surface area (Å²) in [6.45, 7) is 5.21. The molecule has 0 radical (unpaired) electrons. The third-order valence-corrected chi connectivity index (χ3v) is 3.41. The lowest BCUT2D eigenvalue weighted by Gasteiger charge is -2.18. The van der Waals surface area contributed by atoms with E-state index in [-0.39, 0.29) is 5.54 Å². The van der Waals surface area contributed by atoms with Crippen LogP contribution in [0.4, 0.5) is 0 Å². The van der Waals surface area contributed by atoms with E-state index >= 15 is 0 Å². The third-order valence-electron chi connectivity index (χ3n) is 3.41. The molecule has 0 aromatic heterocycles. The van der Waals surface area contributed by atoms with Gasteiger partial charge in [-0.05, 0) is 19.4 Å². The number of oxime groups is 1. The van der Waals surface area contributed by atoms with Crippen molar-refractivity contribution in [1.82, 2.24) is 4.90 Å². The van der Waals surface area contributed by atoms with Crippen molar-refractivity contribution in [2.75, 3.05) is 26.7 Å². The predicted molar refractivity (Wildman–Crippen MR) is 56.2 cm³/mol. The second-order valence-electron chi connectivity index (χ2n) is 4.38. The van der Waals surface area contributed by atoms with Crippen LogP contribution < -0.4 is 5.73 Å². The molecule has 1 heterocycles. The lowest BCUT2D eigenvalue weighted by Crippen LogP contribution is -2.37. The molecule has 0 aromatic carbocycles. The van der Waals surface area contributed by atoms with Gasteiger partial charge in [-0.15, -0.1) is 0 Å². The van der Waals surface area contributed by atoms with Crippen molar-refractivity contribution < 1.29 is 4.84 Å². The number of nitrogens with two attached hydrogens (primary N) is 1. The van der Waals surface area contributed by atoms with Gasteiger partial charge in [-0.2, -0.15) is 0 Å². The fourth-order valence-electron chi connectivity index (χ4n) is 2.22. The van der Waals surface area contributed by atoms with Crippen LogP contribution in [-0.2, 0) is 4.84 Å². The van der Waals surface area contributed by atoms with Gasteiger partial charge in [0, 0.05) is 24.5 Å². The highest BCUT2D eigenvalue weighted by molar-refractivity contribution is 5.91. The van der Waals surface area contributed by atoms with Gasteiger partial charge in [-0.3, -0.25) is 4.90 Å². The van der Waals surface area contributed by atoms with E-state index in [4.69, 9.17) is 10.6 Å². The molecule has 0 aromatic rings. The first-order valence-corrected chi connectivity index (χ1v) is 5.31. The van der Waals surface area contributed by atoms with Crippen LogP contribution in [0.1, 0.15) is 19.8 Å². The van der Waals surface area contributed by atoms with Gasteiger partial charge in [0.1, 0.15) is 7.11 Å². The highest BCUT2D eigenvalue weighted by atomic mass is 16.6. The monoisotopic (exact) mass is 197 g/mol. The third kappa shape index (κ3) is 1.64. The van der Waals surface area contributed by atoms with Crippen LogP contribution in [0.3, 0.4) is 0 Å². The Bertz CT molecular complexity index is 248. The minimum Gasteiger partial charge on any atom is -0.399 e. The van der Waals surface area contributed by atoms with Crippen molar-refractivity contribution in [2.24, 2.45) is 16.8 Å². The van der Waals surface area contributed by atoms with Crippen LogP contribution in [-0.4, -0.2) is 42.9 Å². The lowest BCUT2D eigenvalue weighted by atomic mass is 9.96. The maximum atomic E-state index is 6.23. The van der Waals surface area contributed by atoms with Gasteiger partial charge in [-0.25, -0.2) is 0 Å². The van der Waals surface area contributed by atoms with Crippen molar-refractivity contribution in [3.05, 3.63) is 0 Å². The molecule has 4 nitrogen and oxygen atoms in total. The molecule has 1 atom stereocenters. The molecule has 1 saturated heterocycles. The summed E-state index contributed by atoms with van der Waals surface area (Å²) in [6.07, 6.45) is 2.27. The van der Waals surface area contributed by atoms with Gasteiger partial charge >= 0.3 is 0 Å². The van der Waals surface area contributed by atoms with Gasteiger partial charge in [0.2, 0.25) is 0 Å². The average Bonchev–Trinajstić information content (AvgIpc) is 2.79. The second-order valence-corrected chi connectivity index (χ2v) is 4.38. The zero-order valence-electron chi connectivity index (χ0n) is 8.99. The molecule has 1 unspecified atom stereocenters. The smallest absolute Gasteiger partial charge is 0.106 e. The maximum absolute atomic E-state index is 6.23. The molecule has 1 aliphatic heterocycles. The Morgan fingerprint density at radius 1 is 1.64 bits per heavy atom. The van der Waals surface area contributed by atoms with E-state index in [1.807, 2.05) is 0 Å². The Morgan fingerprint density at radius 2 is 2.36 bits per heavy atom.